The molecule has 1 aliphatic heterocycles. The number of anilines is 1. The van der Waals surface area contributed by atoms with Crippen molar-refractivity contribution in [1.29, 1.82) is 0 Å². The van der Waals surface area contributed by atoms with Gasteiger partial charge in [-0.05, 0) is 73.8 Å². The van der Waals surface area contributed by atoms with Gasteiger partial charge in [0.25, 0.3) is 5.69 Å². The fourth-order valence-electron chi connectivity index (χ4n) is 5.17. The van der Waals surface area contributed by atoms with Crippen molar-refractivity contribution < 1.29 is 9.72 Å². The summed E-state index contributed by atoms with van der Waals surface area (Å²) in [7, 11) is 0. The molecular formula is C30H32N4O3. The number of amides is 1. The number of nitro groups is 1. The van der Waals surface area contributed by atoms with E-state index < -0.39 is 0 Å². The lowest BCUT2D eigenvalue weighted by Gasteiger charge is -2.32. The van der Waals surface area contributed by atoms with Gasteiger partial charge in [-0.3, -0.25) is 19.8 Å². The topological polar surface area (TPSA) is 80.4 Å². The zero-order valence-corrected chi connectivity index (χ0v) is 21.3. The molecule has 4 aromatic rings. The Morgan fingerprint density at radius 1 is 1.00 bits per heavy atom. The van der Waals surface area contributed by atoms with Crippen LogP contribution in [-0.4, -0.2) is 33.4 Å². The molecule has 1 saturated heterocycles. The minimum atomic E-state index is -0.365. The van der Waals surface area contributed by atoms with E-state index in [0.717, 1.165) is 54.8 Å². The third kappa shape index (κ3) is 5.42. The largest absolute Gasteiger partial charge is 0.326 e. The predicted octanol–water partition coefficient (Wildman–Crippen LogP) is 6.51. The monoisotopic (exact) mass is 496 g/mol. The first-order chi connectivity index (χ1) is 17.9. The second-order valence-electron chi connectivity index (χ2n) is 10.1. The number of para-hydroxylation sites is 1. The Kier molecular flexibility index (Phi) is 7.06. The predicted molar refractivity (Wildman–Crippen MR) is 147 cm³/mol. The highest BCUT2D eigenvalue weighted by Crippen LogP contribution is 2.32. The summed E-state index contributed by atoms with van der Waals surface area (Å²) in [6.45, 7) is 6.57. The minimum absolute atomic E-state index is 0.0374. The molecule has 1 N–H and O–H groups in total. The van der Waals surface area contributed by atoms with Crippen LogP contribution < -0.4 is 5.32 Å². The molecule has 0 radical (unpaired) electrons. The molecule has 0 aliphatic carbocycles. The lowest BCUT2D eigenvalue weighted by Crippen LogP contribution is -2.33. The first-order valence-electron chi connectivity index (χ1n) is 12.9. The van der Waals surface area contributed by atoms with Crippen molar-refractivity contribution in [2.24, 2.45) is 5.92 Å². The SMILES string of the molecule is CC(C)C(=O)Nc1cccc(C2CCN(Cc3cc4ccccc4n3-c3ccc([N+](=O)[O-])cc3)CC2)c1. The number of hydrogen-bond donors (Lipinski definition) is 1. The van der Waals surface area contributed by atoms with Gasteiger partial charge in [-0.15, -0.1) is 0 Å². The summed E-state index contributed by atoms with van der Waals surface area (Å²) in [5.74, 6) is 0.455. The zero-order valence-electron chi connectivity index (χ0n) is 21.3. The molecule has 0 spiro atoms. The summed E-state index contributed by atoms with van der Waals surface area (Å²) in [4.78, 5) is 25.4. The third-order valence-electron chi connectivity index (χ3n) is 7.23. The molecule has 37 heavy (non-hydrogen) atoms. The Balaban J connectivity index is 1.31. The average molecular weight is 497 g/mol. The fraction of sp³-hybridized carbons (Fsp3) is 0.300. The van der Waals surface area contributed by atoms with E-state index >= 15 is 0 Å². The number of nitrogens with one attached hydrogen (secondary N) is 1. The third-order valence-corrected chi connectivity index (χ3v) is 7.23. The number of carbonyl (C=O) groups excluding carboxylic acids is 1. The van der Waals surface area contributed by atoms with Crippen LogP contribution in [0.1, 0.15) is 43.9 Å². The molecule has 7 heteroatoms. The number of piperidine rings is 1. The zero-order chi connectivity index (χ0) is 25.9. The van der Waals surface area contributed by atoms with Gasteiger partial charge in [0.05, 0.1) is 10.4 Å². The first-order valence-corrected chi connectivity index (χ1v) is 12.9. The lowest BCUT2D eigenvalue weighted by atomic mass is 9.89. The van der Waals surface area contributed by atoms with Crippen LogP contribution in [0.25, 0.3) is 16.6 Å². The molecule has 0 bridgehead atoms. The summed E-state index contributed by atoms with van der Waals surface area (Å²) < 4.78 is 2.21. The van der Waals surface area contributed by atoms with E-state index in [1.54, 1.807) is 12.1 Å². The van der Waals surface area contributed by atoms with Crippen molar-refractivity contribution in [3.63, 3.8) is 0 Å². The Morgan fingerprint density at radius 3 is 2.43 bits per heavy atom. The van der Waals surface area contributed by atoms with E-state index in [4.69, 9.17) is 0 Å². The Morgan fingerprint density at radius 2 is 1.73 bits per heavy atom. The molecule has 1 aromatic heterocycles. The smallest absolute Gasteiger partial charge is 0.269 e. The summed E-state index contributed by atoms with van der Waals surface area (Å²) in [6, 6.07) is 25.5. The lowest BCUT2D eigenvalue weighted by molar-refractivity contribution is -0.384. The maximum absolute atomic E-state index is 12.1. The molecule has 2 heterocycles. The molecule has 5 rings (SSSR count). The highest BCUT2D eigenvalue weighted by Gasteiger charge is 2.23. The van der Waals surface area contributed by atoms with Gasteiger partial charge in [-0.25, -0.2) is 0 Å². The van der Waals surface area contributed by atoms with Crippen LogP contribution in [0.15, 0.2) is 78.9 Å². The number of hydrogen-bond acceptors (Lipinski definition) is 4. The number of likely N-dealkylation sites (tertiary alicyclic amines) is 1. The molecule has 3 aromatic carbocycles. The van der Waals surface area contributed by atoms with Crippen molar-refractivity contribution in [2.45, 2.75) is 39.2 Å². The van der Waals surface area contributed by atoms with Crippen molar-refractivity contribution in [3.8, 4) is 5.69 Å². The number of aromatic nitrogens is 1. The van der Waals surface area contributed by atoms with E-state index in [2.05, 4.69) is 45.1 Å². The molecule has 1 aliphatic rings. The number of carbonyl (C=O) groups is 1. The molecule has 7 nitrogen and oxygen atoms in total. The molecule has 1 amide bonds. The Bertz CT molecular complexity index is 1420. The van der Waals surface area contributed by atoms with E-state index in [1.807, 2.05) is 50.2 Å². The average Bonchev–Trinajstić information content (AvgIpc) is 3.27. The Hall–Kier alpha value is -3.97. The standard InChI is InChI=1S/C30H32N4O3/c1-21(2)30(35)31-25-8-5-7-23(18-25)22-14-16-32(17-15-22)20-28-19-24-6-3-4-9-29(24)33(28)26-10-12-27(13-11-26)34(36)37/h3-13,18-19,21-22H,14-17,20H2,1-2H3,(H,31,35). The van der Waals surface area contributed by atoms with Gasteiger partial charge >= 0.3 is 0 Å². The first kappa shape index (κ1) is 24.7. The number of nitrogens with zero attached hydrogens (tertiary/aromatic N) is 3. The highest BCUT2D eigenvalue weighted by atomic mass is 16.6. The summed E-state index contributed by atoms with van der Waals surface area (Å²) in [6.07, 6.45) is 2.11. The van der Waals surface area contributed by atoms with Crippen LogP contribution in [0, 0.1) is 16.0 Å². The number of benzene rings is 3. The van der Waals surface area contributed by atoms with Crippen LogP contribution in [0.3, 0.4) is 0 Å². The molecule has 0 atom stereocenters. The fourth-order valence-corrected chi connectivity index (χ4v) is 5.17. The summed E-state index contributed by atoms with van der Waals surface area (Å²) >= 11 is 0. The number of fused-ring (bicyclic) bond motifs is 1. The van der Waals surface area contributed by atoms with Gasteiger partial charge in [-0.2, -0.15) is 0 Å². The van der Waals surface area contributed by atoms with Crippen molar-refractivity contribution in [3.05, 3.63) is 100 Å². The van der Waals surface area contributed by atoms with Crippen molar-refractivity contribution >= 4 is 28.2 Å². The quantitative estimate of drug-likeness (QED) is 0.234. The van der Waals surface area contributed by atoms with Crippen LogP contribution >= 0.6 is 0 Å². The van der Waals surface area contributed by atoms with Crippen molar-refractivity contribution in [2.75, 3.05) is 18.4 Å². The van der Waals surface area contributed by atoms with E-state index in [9.17, 15) is 14.9 Å². The van der Waals surface area contributed by atoms with Crippen LogP contribution in [0.4, 0.5) is 11.4 Å². The second-order valence-corrected chi connectivity index (χ2v) is 10.1. The molecular weight excluding hydrogens is 464 g/mol. The minimum Gasteiger partial charge on any atom is -0.326 e. The summed E-state index contributed by atoms with van der Waals surface area (Å²) in [5.41, 5.74) is 5.44. The molecule has 0 saturated carbocycles. The van der Waals surface area contributed by atoms with Crippen LogP contribution in [-0.2, 0) is 11.3 Å². The second kappa shape index (κ2) is 10.6. The van der Waals surface area contributed by atoms with Crippen molar-refractivity contribution in [1.82, 2.24) is 9.47 Å². The molecule has 0 unspecified atom stereocenters. The van der Waals surface area contributed by atoms with Gasteiger partial charge in [-0.1, -0.05) is 44.2 Å². The number of rotatable bonds is 7. The van der Waals surface area contributed by atoms with E-state index in [-0.39, 0.29) is 22.4 Å². The number of non-ortho nitro benzene ring substituents is 1. The van der Waals surface area contributed by atoms with Crippen LogP contribution in [0.2, 0.25) is 0 Å². The van der Waals surface area contributed by atoms with Gasteiger partial charge in [0.2, 0.25) is 5.91 Å². The van der Waals surface area contributed by atoms with Crippen LogP contribution in [0.5, 0.6) is 0 Å². The highest BCUT2D eigenvalue weighted by molar-refractivity contribution is 5.92. The van der Waals surface area contributed by atoms with Gasteiger partial charge in [0.15, 0.2) is 0 Å². The van der Waals surface area contributed by atoms with Gasteiger partial charge in [0, 0.05) is 47.1 Å². The normalized spacial score (nSPS) is 14.8. The van der Waals surface area contributed by atoms with E-state index in [0.29, 0.717) is 5.92 Å². The number of nitro benzene ring substituents is 1. The molecule has 190 valence electrons. The Labute approximate surface area is 216 Å². The maximum Gasteiger partial charge on any atom is 0.269 e. The van der Waals surface area contributed by atoms with E-state index in [1.165, 1.54) is 11.3 Å². The maximum atomic E-state index is 12.1. The van der Waals surface area contributed by atoms with Gasteiger partial charge in [0.1, 0.15) is 0 Å². The van der Waals surface area contributed by atoms with Gasteiger partial charge < -0.3 is 9.88 Å². The summed E-state index contributed by atoms with van der Waals surface area (Å²) in [5, 5.41) is 15.3. The molecule has 1 fully saturated rings.